The van der Waals surface area contributed by atoms with Crippen LogP contribution in [0.25, 0.3) is 0 Å². The van der Waals surface area contributed by atoms with Gasteiger partial charge in [-0.15, -0.1) is 0 Å². The summed E-state index contributed by atoms with van der Waals surface area (Å²) in [6.45, 7) is 11.4. The van der Waals surface area contributed by atoms with Crippen LogP contribution in [0.5, 0.6) is 0 Å². The lowest BCUT2D eigenvalue weighted by Gasteiger charge is -2.26. The fourth-order valence-corrected chi connectivity index (χ4v) is 2.57. The Bertz CT molecular complexity index is 400. The Hall–Kier alpha value is -0.850. The summed E-state index contributed by atoms with van der Waals surface area (Å²) < 4.78 is 0. The number of pyridine rings is 1. The molecular formula is C15H23N. The molecule has 1 atom stereocenters. The highest BCUT2D eigenvalue weighted by molar-refractivity contribution is 5.39. The fourth-order valence-electron chi connectivity index (χ4n) is 2.57. The molecule has 1 nitrogen and oxygen atoms in total. The van der Waals surface area contributed by atoms with Gasteiger partial charge in [-0.3, -0.25) is 4.98 Å². The first kappa shape index (κ1) is 11.6. The molecule has 0 unspecified atom stereocenters. The van der Waals surface area contributed by atoms with Crippen molar-refractivity contribution in [2.75, 3.05) is 0 Å². The van der Waals surface area contributed by atoms with Gasteiger partial charge < -0.3 is 0 Å². The summed E-state index contributed by atoms with van der Waals surface area (Å²) in [4.78, 5) is 4.62. The van der Waals surface area contributed by atoms with Gasteiger partial charge in [-0.05, 0) is 41.9 Å². The highest BCUT2D eigenvalue weighted by Crippen LogP contribution is 2.41. The first-order valence-electron chi connectivity index (χ1n) is 6.37. The van der Waals surface area contributed by atoms with Crippen LogP contribution >= 0.6 is 0 Å². The van der Waals surface area contributed by atoms with E-state index in [0.29, 0.717) is 5.41 Å². The number of aryl methyl sites for hydroxylation is 1. The number of nitrogens with zero attached hydrogens (tertiary/aromatic N) is 1. The van der Waals surface area contributed by atoms with Crippen molar-refractivity contribution in [2.24, 2.45) is 0 Å². The molecule has 0 aromatic carbocycles. The van der Waals surface area contributed by atoms with Gasteiger partial charge in [-0.25, -0.2) is 0 Å². The Morgan fingerprint density at radius 3 is 2.62 bits per heavy atom. The Morgan fingerprint density at radius 1 is 1.38 bits per heavy atom. The maximum absolute atomic E-state index is 4.62. The fraction of sp³-hybridized carbons (Fsp3) is 0.667. The standard InChI is InChI=1S/C15H23N/c1-6-15(5)8-7-11-10-16-13(9-12(11)15)14(2,3)4/h9-10H,6-8H2,1-5H3/t15-/m0/s1. The number of hydrogen-bond acceptors (Lipinski definition) is 1. The molecule has 16 heavy (non-hydrogen) atoms. The summed E-state index contributed by atoms with van der Waals surface area (Å²) in [5.74, 6) is 0. The van der Waals surface area contributed by atoms with Gasteiger partial charge in [-0.1, -0.05) is 34.6 Å². The SMILES string of the molecule is CC[C@@]1(C)CCc2cnc(C(C)(C)C)cc21. The van der Waals surface area contributed by atoms with E-state index in [4.69, 9.17) is 0 Å². The zero-order chi connectivity index (χ0) is 12.0. The lowest BCUT2D eigenvalue weighted by atomic mass is 9.80. The second-order valence-corrected chi connectivity index (χ2v) is 6.39. The van der Waals surface area contributed by atoms with E-state index in [2.05, 4.69) is 51.9 Å². The molecule has 0 bridgehead atoms. The third-order valence-corrected chi connectivity index (χ3v) is 4.13. The highest BCUT2D eigenvalue weighted by atomic mass is 14.7. The molecule has 0 spiro atoms. The largest absolute Gasteiger partial charge is 0.260 e. The number of fused-ring (bicyclic) bond motifs is 1. The Balaban J connectivity index is 2.50. The first-order chi connectivity index (χ1) is 7.37. The zero-order valence-electron chi connectivity index (χ0n) is 11.2. The minimum atomic E-state index is 0.159. The minimum Gasteiger partial charge on any atom is -0.260 e. The molecule has 0 amide bonds. The second-order valence-electron chi connectivity index (χ2n) is 6.39. The van der Waals surface area contributed by atoms with Crippen LogP contribution in [0.2, 0.25) is 0 Å². The van der Waals surface area contributed by atoms with Gasteiger partial charge in [0.05, 0.1) is 0 Å². The van der Waals surface area contributed by atoms with E-state index in [1.807, 2.05) is 0 Å². The zero-order valence-corrected chi connectivity index (χ0v) is 11.2. The molecule has 0 aliphatic heterocycles. The maximum Gasteiger partial charge on any atom is 0.0460 e. The third kappa shape index (κ3) is 1.77. The molecule has 0 radical (unpaired) electrons. The molecule has 1 aliphatic rings. The van der Waals surface area contributed by atoms with Gasteiger partial charge in [0.2, 0.25) is 0 Å². The smallest absolute Gasteiger partial charge is 0.0460 e. The van der Waals surface area contributed by atoms with E-state index in [-0.39, 0.29) is 5.41 Å². The summed E-state index contributed by atoms with van der Waals surface area (Å²) >= 11 is 0. The Kier molecular flexibility index (Phi) is 2.60. The molecule has 0 N–H and O–H groups in total. The summed E-state index contributed by atoms with van der Waals surface area (Å²) in [6, 6.07) is 2.35. The van der Waals surface area contributed by atoms with E-state index in [0.717, 1.165) is 0 Å². The van der Waals surface area contributed by atoms with Crippen LogP contribution in [0.4, 0.5) is 0 Å². The van der Waals surface area contributed by atoms with Crippen LogP contribution in [-0.2, 0) is 17.3 Å². The van der Waals surface area contributed by atoms with Gasteiger partial charge >= 0.3 is 0 Å². The molecule has 0 saturated carbocycles. The third-order valence-electron chi connectivity index (χ3n) is 4.13. The van der Waals surface area contributed by atoms with Crippen molar-refractivity contribution in [3.8, 4) is 0 Å². The van der Waals surface area contributed by atoms with Crippen molar-refractivity contribution in [1.29, 1.82) is 0 Å². The van der Waals surface area contributed by atoms with Gasteiger partial charge in [0.1, 0.15) is 0 Å². The van der Waals surface area contributed by atoms with Crippen molar-refractivity contribution in [3.05, 3.63) is 29.1 Å². The topological polar surface area (TPSA) is 12.9 Å². The van der Waals surface area contributed by atoms with E-state index < -0.39 is 0 Å². The van der Waals surface area contributed by atoms with Gasteiger partial charge in [0.25, 0.3) is 0 Å². The average Bonchev–Trinajstić information content (AvgIpc) is 2.56. The molecule has 1 heteroatoms. The van der Waals surface area contributed by atoms with Crippen LogP contribution in [0.3, 0.4) is 0 Å². The summed E-state index contributed by atoms with van der Waals surface area (Å²) in [5.41, 5.74) is 4.80. The summed E-state index contributed by atoms with van der Waals surface area (Å²) in [6.07, 6.45) is 5.83. The normalized spacial score (nSPS) is 24.6. The average molecular weight is 217 g/mol. The predicted molar refractivity (Wildman–Crippen MR) is 68.9 cm³/mol. The Labute approximate surface area is 99.3 Å². The summed E-state index contributed by atoms with van der Waals surface area (Å²) in [7, 11) is 0. The van der Waals surface area contributed by atoms with Crippen LogP contribution < -0.4 is 0 Å². The van der Waals surface area contributed by atoms with Crippen molar-refractivity contribution in [2.45, 2.75) is 64.7 Å². The molecular weight excluding hydrogens is 194 g/mol. The molecule has 1 aromatic heterocycles. The molecule has 0 saturated heterocycles. The van der Waals surface area contributed by atoms with Crippen LogP contribution in [-0.4, -0.2) is 4.98 Å². The van der Waals surface area contributed by atoms with Gasteiger partial charge in [0.15, 0.2) is 0 Å². The van der Waals surface area contributed by atoms with Crippen LogP contribution in [0.1, 0.15) is 64.3 Å². The lowest BCUT2D eigenvalue weighted by Crippen LogP contribution is -2.19. The van der Waals surface area contributed by atoms with Crippen molar-refractivity contribution in [3.63, 3.8) is 0 Å². The van der Waals surface area contributed by atoms with Crippen LogP contribution in [0.15, 0.2) is 12.3 Å². The lowest BCUT2D eigenvalue weighted by molar-refractivity contribution is 0.451. The monoisotopic (exact) mass is 217 g/mol. The van der Waals surface area contributed by atoms with Crippen molar-refractivity contribution >= 4 is 0 Å². The maximum atomic E-state index is 4.62. The number of aromatic nitrogens is 1. The number of rotatable bonds is 1. The van der Waals surface area contributed by atoms with E-state index in [9.17, 15) is 0 Å². The van der Waals surface area contributed by atoms with E-state index >= 15 is 0 Å². The Morgan fingerprint density at radius 2 is 2.06 bits per heavy atom. The molecule has 2 rings (SSSR count). The molecule has 0 fully saturated rings. The molecule has 88 valence electrons. The minimum absolute atomic E-state index is 0.159. The molecule has 1 aromatic rings. The highest BCUT2D eigenvalue weighted by Gasteiger charge is 2.33. The first-order valence-corrected chi connectivity index (χ1v) is 6.37. The molecule has 1 heterocycles. The predicted octanol–water partition coefficient (Wildman–Crippen LogP) is 3.99. The van der Waals surface area contributed by atoms with Gasteiger partial charge in [-0.2, -0.15) is 0 Å². The van der Waals surface area contributed by atoms with Crippen LogP contribution in [0, 0.1) is 0 Å². The van der Waals surface area contributed by atoms with E-state index in [1.165, 1.54) is 30.5 Å². The quantitative estimate of drug-likeness (QED) is 0.693. The second kappa shape index (κ2) is 3.58. The van der Waals surface area contributed by atoms with Gasteiger partial charge in [0, 0.05) is 17.3 Å². The number of hydrogen-bond donors (Lipinski definition) is 0. The van der Waals surface area contributed by atoms with E-state index in [1.54, 1.807) is 5.56 Å². The molecule has 1 aliphatic carbocycles. The van der Waals surface area contributed by atoms with Crippen molar-refractivity contribution < 1.29 is 0 Å². The summed E-state index contributed by atoms with van der Waals surface area (Å²) in [5, 5.41) is 0. The van der Waals surface area contributed by atoms with Crippen molar-refractivity contribution in [1.82, 2.24) is 4.98 Å².